The number of halogens is 1. The molecule has 0 radical (unpaired) electrons. The third-order valence-electron chi connectivity index (χ3n) is 3.08. The normalized spacial score (nSPS) is 15.3. The van der Waals surface area contributed by atoms with Gasteiger partial charge in [-0.05, 0) is 11.4 Å². The highest BCUT2D eigenvalue weighted by Gasteiger charge is 2.13. The minimum Gasteiger partial charge on any atom is -0.471 e. The first kappa shape index (κ1) is 13.6. The maximum atomic E-state index is 6.04. The van der Waals surface area contributed by atoms with Crippen LogP contribution in [0.3, 0.4) is 0 Å². The quantitative estimate of drug-likeness (QED) is 0.938. The molecular weight excluding hydrogens is 296 g/mol. The predicted molar refractivity (Wildman–Crippen MR) is 80.8 cm³/mol. The van der Waals surface area contributed by atoms with Crippen LogP contribution in [0.5, 0.6) is 5.88 Å². The van der Waals surface area contributed by atoms with Gasteiger partial charge in [-0.25, -0.2) is 0 Å². The van der Waals surface area contributed by atoms with Crippen LogP contribution in [-0.4, -0.2) is 36.1 Å². The Morgan fingerprint density at radius 1 is 1.35 bits per heavy atom. The lowest BCUT2D eigenvalue weighted by atomic mass is 10.3. The molecule has 5 nitrogen and oxygen atoms in total. The van der Waals surface area contributed by atoms with Gasteiger partial charge in [-0.3, -0.25) is 4.98 Å². The SMILES string of the molecule is Clc1ccsc1COc1cncc(N2CCNCC2)n1. The van der Waals surface area contributed by atoms with E-state index < -0.39 is 0 Å². The van der Waals surface area contributed by atoms with E-state index in [2.05, 4.69) is 20.2 Å². The van der Waals surface area contributed by atoms with Gasteiger partial charge in [0, 0.05) is 26.2 Å². The molecule has 0 spiro atoms. The molecule has 20 heavy (non-hydrogen) atoms. The van der Waals surface area contributed by atoms with Crippen LogP contribution in [0.25, 0.3) is 0 Å². The van der Waals surface area contributed by atoms with Crippen molar-refractivity contribution >= 4 is 28.8 Å². The Hall–Kier alpha value is -1.37. The predicted octanol–water partition coefficient (Wildman–Crippen LogP) is 2.18. The Morgan fingerprint density at radius 3 is 2.95 bits per heavy atom. The molecule has 106 valence electrons. The first-order chi connectivity index (χ1) is 9.83. The molecule has 1 fully saturated rings. The minimum absolute atomic E-state index is 0.427. The number of thiophene rings is 1. The summed E-state index contributed by atoms with van der Waals surface area (Å²) in [7, 11) is 0. The number of hydrogen-bond donors (Lipinski definition) is 1. The highest BCUT2D eigenvalue weighted by atomic mass is 35.5. The Balaban J connectivity index is 1.66. The van der Waals surface area contributed by atoms with Crippen LogP contribution < -0.4 is 15.0 Å². The number of anilines is 1. The summed E-state index contributed by atoms with van der Waals surface area (Å²) in [5.74, 6) is 1.40. The van der Waals surface area contributed by atoms with Gasteiger partial charge < -0.3 is 15.0 Å². The molecule has 2 aromatic heterocycles. The molecule has 2 aromatic rings. The second-order valence-electron chi connectivity index (χ2n) is 4.43. The molecule has 3 heterocycles. The van der Waals surface area contributed by atoms with Gasteiger partial charge in [-0.1, -0.05) is 11.6 Å². The molecule has 0 aliphatic carbocycles. The van der Waals surface area contributed by atoms with Gasteiger partial charge >= 0.3 is 0 Å². The van der Waals surface area contributed by atoms with Crippen LogP contribution in [0.4, 0.5) is 5.82 Å². The summed E-state index contributed by atoms with van der Waals surface area (Å²) in [4.78, 5) is 11.9. The van der Waals surface area contributed by atoms with E-state index in [4.69, 9.17) is 16.3 Å². The van der Waals surface area contributed by atoms with Crippen LogP contribution in [0, 0.1) is 0 Å². The number of aromatic nitrogens is 2. The molecule has 1 aliphatic rings. The largest absolute Gasteiger partial charge is 0.471 e. The van der Waals surface area contributed by atoms with Crippen molar-refractivity contribution in [2.75, 3.05) is 31.1 Å². The zero-order chi connectivity index (χ0) is 13.8. The molecule has 1 saturated heterocycles. The zero-order valence-electron chi connectivity index (χ0n) is 10.9. The zero-order valence-corrected chi connectivity index (χ0v) is 12.5. The summed E-state index contributed by atoms with van der Waals surface area (Å²) >= 11 is 7.62. The second kappa shape index (κ2) is 6.39. The lowest BCUT2D eigenvalue weighted by Crippen LogP contribution is -2.43. The van der Waals surface area contributed by atoms with Crippen molar-refractivity contribution in [1.29, 1.82) is 0 Å². The first-order valence-corrected chi connectivity index (χ1v) is 7.71. The number of rotatable bonds is 4. The van der Waals surface area contributed by atoms with E-state index in [1.54, 1.807) is 23.7 Å². The van der Waals surface area contributed by atoms with E-state index >= 15 is 0 Å². The third kappa shape index (κ3) is 3.20. The highest BCUT2D eigenvalue weighted by Crippen LogP contribution is 2.23. The van der Waals surface area contributed by atoms with Gasteiger partial charge in [0.05, 0.1) is 22.3 Å². The molecule has 3 rings (SSSR count). The van der Waals surface area contributed by atoms with Crippen molar-refractivity contribution in [2.24, 2.45) is 0 Å². The van der Waals surface area contributed by atoms with Crippen molar-refractivity contribution in [3.05, 3.63) is 33.7 Å². The highest BCUT2D eigenvalue weighted by molar-refractivity contribution is 7.10. The lowest BCUT2D eigenvalue weighted by molar-refractivity contribution is 0.296. The monoisotopic (exact) mass is 310 g/mol. The fourth-order valence-electron chi connectivity index (χ4n) is 2.02. The van der Waals surface area contributed by atoms with Crippen LogP contribution in [0.1, 0.15) is 4.88 Å². The molecule has 1 aliphatic heterocycles. The third-order valence-corrected chi connectivity index (χ3v) is 4.44. The molecule has 7 heteroatoms. The van der Waals surface area contributed by atoms with Crippen molar-refractivity contribution in [3.63, 3.8) is 0 Å². The number of hydrogen-bond acceptors (Lipinski definition) is 6. The molecule has 1 N–H and O–H groups in total. The number of piperazine rings is 1. The Bertz CT molecular complexity index is 571. The van der Waals surface area contributed by atoms with Gasteiger partial charge in [-0.2, -0.15) is 4.98 Å². The summed E-state index contributed by atoms with van der Waals surface area (Å²) in [5, 5.41) is 6.00. The summed E-state index contributed by atoms with van der Waals surface area (Å²) < 4.78 is 5.67. The molecule has 0 amide bonds. The van der Waals surface area contributed by atoms with Gasteiger partial charge in [-0.15, -0.1) is 11.3 Å². The molecule has 0 saturated carbocycles. The summed E-state index contributed by atoms with van der Waals surface area (Å²) in [5.41, 5.74) is 0. The topological polar surface area (TPSA) is 50.3 Å². The van der Waals surface area contributed by atoms with Crippen molar-refractivity contribution in [3.8, 4) is 5.88 Å². The summed E-state index contributed by atoms with van der Waals surface area (Å²) in [6.07, 6.45) is 3.41. The first-order valence-electron chi connectivity index (χ1n) is 6.45. The van der Waals surface area contributed by atoms with Gasteiger partial charge in [0.25, 0.3) is 0 Å². The standard InChI is InChI=1S/C13H15ClN4OS/c14-10-1-6-20-11(10)9-19-13-8-16-7-12(17-13)18-4-2-15-3-5-18/h1,6-8,15H,2-5,9H2. The number of ether oxygens (including phenoxy) is 1. The van der Waals surface area contributed by atoms with Gasteiger partial charge in [0.1, 0.15) is 6.61 Å². The maximum Gasteiger partial charge on any atom is 0.234 e. The minimum atomic E-state index is 0.427. The fraction of sp³-hybridized carbons (Fsp3) is 0.385. The Labute approximate surface area is 126 Å². The molecule has 0 unspecified atom stereocenters. The number of nitrogens with one attached hydrogen (secondary N) is 1. The van der Waals surface area contributed by atoms with E-state index in [0.29, 0.717) is 12.5 Å². The fourth-order valence-corrected chi connectivity index (χ4v) is 3.02. The average Bonchev–Trinajstić information content (AvgIpc) is 2.92. The molecule has 0 aromatic carbocycles. The van der Waals surface area contributed by atoms with Crippen molar-refractivity contribution < 1.29 is 4.74 Å². The Kier molecular flexibility index (Phi) is 4.34. The molecular formula is C13H15ClN4OS. The average molecular weight is 311 g/mol. The van der Waals surface area contributed by atoms with E-state index in [-0.39, 0.29) is 0 Å². The lowest BCUT2D eigenvalue weighted by Gasteiger charge is -2.28. The van der Waals surface area contributed by atoms with E-state index in [9.17, 15) is 0 Å². The van der Waals surface area contributed by atoms with Gasteiger partial charge in [0.15, 0.2) is 5.82 Å². The van der Waals surface area contributed by atoms with E-state index in [1.807, 2.05) is 11.4 Å². The van der Waals surface area contributed by atoms with Crippen molar-refractivity contribution in [2.45, 2.75) is 6.61 Å². The summed E-state index contributed by atoms with van der Waals surface area (Å²) in [6.45, 7) is 4.25. The van der Waals surface area contributed by atoms with E-state index in [0.717, 1.165) is 41.9 Å². The smallest absolute Gasteiger partial charge is 0.234 e. The molecule has 0 atom stereocenters. The Morgan fingerprint density at radius 2 is 2.20 bits per heavy atom. The molecule has 0 bridgehead atoms. The van der Waals surface area contributed by atoms with Crippen LogP contribution in [0.2, 0.25) is 5.02 Å². The number of nitrogens with zero attached hydrogens (tertiary/aromatic N) is 3. The van der Waals surface area contributed by atoms with Crippen LogP contribution >= 0.6 is 22.9 Å². The van der Waals surface area contributed by atoms with Gasteiger partial charge in [0.2, 0.25) is 5.88 Å². The van der Waals surface area contributed by atoms with E-state index in [1.165, 1.54) is 0 Å². The van der Waals surface area contributed by atoms with Crippen LogP contribution in [0.15, 0.2) is 23.8 Å². The van der Waals surface area contributed by atoms with Crippen molar-refractivity contribution in [1.82, 2.24) is 15.3 Å². The van der Waals surface area contributed by atoms with Crippen LogP contribution in [-0.2, 0) is 6.61 Å². The second-order valence-corrected chi connectivity index (χ2v) is 5.84. The maximum absolute atomic E-state index is 6.04. The summed E-state index contributed by atoms with van der Waals surface area (Å²) in [6, 6.07) is 1.87.